The molecule has 4 nitrogen and oxygen atoms in total. The van der Waals surface area contributed by atoms with E-state index in [1.807, 2.05) is 19.1 Å². The van der Waals surface area contributed by atoms with E-state index in [-0.39, 0.29) is 5.91 Å². The van der Waals surface area contributed by atoms with E-state index in [9.17, 15) is 4.79 Å². The zero-order chi connectivity index (χ0) is 10.1. The second-order valence-electron chi connectivity index (χ2n) is 3.07. The van der Waals surface area contributed by atoms with Crippen LogP contribution in [0.2, 0.25) is 0 Å². The number of rotatable bonds is 1. The van der Waals surface area contributed by atoms with Crippen molar-refractivity contribution in [3.05, 3.63) is 17.7 Å². The summed E-state index contributed by atoms with van der Waals surface area (Å²) in [7, 11) is 0. The summed E-state index contributed by atoms with van der Waals surface area (Å²) in [6.45, 7) is 3.45. The number of hydrogen-bond donors (Lipinski definition) is 1. The molecule has 1 aromatic carbocycles. The first-order valence-electron chi connectivity index (χ1n) is 4.18. The molecule has 0 aliphatic rings. The predicted molar refractivity (Wildman–Crippen MR) is 56.5 cm³/mol. The maximum Gasteiger partial charge on any atom is 0.221 e. The van der Waals surface area contributed by atoms with Crippen LogP contribution in [0.25, 0.3) is 11.0 Å². The summed E-state index contributed by atoms with van der Waals surface area (Å²) in [5.74, 6) is -0.0943. The van der Waals surface area contributed by atoms with Crippen molar-refractivity contribution in [2.45, 2.75) is 13.8 Å². The largest absolute Gasteiger partial charge is 0.324 e. The van der Waals surface area contributed by atoms with Crippen LogP contribution in [0.4, 0.5) is 5.69 Å². The molecule has 1 heterocycles. The highest BCUT2D eigenvalue weighted by Crippen LogP contribution is 2.24. The number of aromatic nitrogens is 2. The molecule has 0 radical (unpaired) electrons. The van der Waals surface area contributed by atoms with Gasteiger partial charge in [0.15, 0.2) is 0 Å². The van der Waals surface area contributed by atoms with Crippen LogP contribution in [-0.4, -0.2) is 14.7 Å². The zero-order valence-electron chi connectivity index (χ0n) is 7.87. The van der Waals surface area contributed by atoms with Gasteiger partial charge in [0.05, 0.1) is 17.4 Å². The number of fused-ring (bicyclic) bond motifs is 1. The highest BCUT2D eigenvalue weighted by molar-refractivity contribution is 7.00. The van der Waals surface area contributed by atoms with E-state index in [4.69, 9.17) is 0 Å². The van der Waals surface area contributed by atoms with E-state index in [2.05, 4.69) is 14.1 Å². The van der Waals surface area contributed by atoms with Crippen LogP contribution in [0.5, 0.6) is 0 Å². The molecule has 14 heavy (non-hydrogen) atoms. The Balaban J connectivity index is 2.60. The highest BCUT2D eigenvalue weighted by Gasteiger charge is 2.08. The zero-order valence-corrected chi connectivity index (χ0v) is 8.68. The minimum atomic E-state index is -0.0943. The van der Waals surface area contributed by atoms with Gasteiger partial charge in [-0.15, -0.1) is 0 Å². The van der Waals surface area contributed by atoms with Crippen LogP contribution < -0.4 is 5.32 Å². The van der Waals surface area contributed by atoms with Crippen molar-refractivity contribution in [3.8, 4) is 0 Å². The Kier molecular flexibility index (Phi) is 2.17. The van der Waals surface area contributed by atoms with E-state index in [0.29, 0.717) is 0 Å². The Morgan fingerprint density at radius 2 is 2.07 bits per heavy atom. The molecule has 2 aromatic rings. The molecule has 72 valence electrons. The van der Waals surface area contributed by atoms with Gasteiger partial charge in [0.2, 0.25) is 5.91 Å². The second-order valence-corrected chi connectivity index (χ2v) is 3.60. The molecule has 0 spiro atoms. The third-order valence-corrected chi connectivity index (χ3v) is 2.46. The Hall–Kier alpha value is -1.49. The van der Waals surface area contributed by atoms with Gasteiger partial charge < -0.3 is 5.32 Å². The molecule has 0 unspecified atom stereocenters. The number of amides is 1. The number of nitrogens with one attached hydrogen (secondary N) is 1. The van der Waals surface area contributed by atoms with Crippen molar-refractivity contribution in [2.75, 3.05) is 5.32 Å². The van der Waals surface area contributed by atoms with Gasteiger partial charge in [-0.3, -0.25) is 4.79 Å². The minimum Gasteiger partial charge on any atom is -0.324 e. The summed E-state index contributed by atoms with van der Waals surface area (Å²) in [6, 6.07) is 3.77. The lowest BCUT2D eigenvalue weighted by Gasteiger charge is -2.02. The Labute approximate surface area is 85.3 Å². The summed E-state index contributed by atoms with van der Waals surface area (Å²) < 4.78 is 8.31. The fraction of sp³-hybridized carbons (Fsp3) is 0.222. The first kappa shape index (κ1) is 9.08. The second kappa shape index (κ2) is 3.34. The molecule has 1 aromatic heterocycles. The predicted octanol–water partition coefficient (Wildman–Crippen LogP) is 1.96. The van der Waals surface area contributed by atoms with Crippen molar-refractivity contribution in [3.63, 3.8) is 0 Å². The topological polar surface area (TPSA) is 54.9 Å². The third kappa shape index (κ3) is 1.46. The van der Waals surface area contributed by atoms with Crippen molar-refractivity contribution >= 4 is 34.4 Å². The summed E-state index contributed by atoms with van der Waals surface area (Å²) in [4.78, 5) is 10.9. The third-order valence-electron chi connectivity index (χ3n) is 1.93. The first-order valence-corrected chi connectivity index (χ1v) is 4.91. The van der Waals surface area contributed by atoms with Crippen LogP contribution in [0.15, 0.2) is 12.1 Å². The number of benzene rings is 1. The lowest BCUT2D eigenvalue weighted by Crippen LogP contribution is -2.06. The van der Waals surface area contributed by atoms with Crippen molar-refractivity contribution in [1.82, 2.24) is 8.75 Å². The van der Waals surface area contributed by atoms with Crippen LogP contribution in [0.3, 0.4) is 0 Å². The SMILES string of the molecule is CC(=O)Nc1ccc(C)c2nsnc12. The Morgan fingerprint density at radius 3 is 2.79 bits per heavy atom. The molecule has 2 rings (SSSR count). The molecule has 1 amide bonds. The summed E-state index contributed by atoms with van der Waals surface area (Å²) >= 11 is 1.16. The van der Waals surface area contributed by atoms with Gasteiger partial charge >= 0.3 is 0 Å². The maximum absolute atomic E-state index is 10.9. The number of anilines is 1. The molecule has 0 fully saturated rings. The molecule has 0 aliphatic carbocycles. The molecule has 0 bridgehead atoms. The van der Waals surface area contributed by atoms with Crippen LogP contribution in [0.1, 0.15) is 12.5 Å². The van der Waals surface area contributed by atoms with Gasteiger partial charge in [-0.05, 0) is 18.6 Å². The molecular weight excluding hydrogens is 198 g/mol. The minimum absolute atomic E-state index is 0.0943. The number of hydrogen-bond acceptors (Lipinski definition) is 4. The molecule has 0 atom stereocenters. The van der Waals surface area contributed by atoms with Crippen molar-refractivity contribution < 1.29 is 4.79 Å². The number of nitrogens with zero attached hydrogens (tertiary/aromatic N) is 2. The van der Waals surface area contributed by atoms with Crippen LogP contribution in [-0.2, 0) is 4.79 Å². The van der Waals surface area contributed by atoms with Crippen molar-refractivity contribution in [1.29, 1.82) is 0 Å². The van der Waals surface area contributed by atoms with Gasteiger partial charge in [-0.1, -0.05) is 6.07 Å². The molecule has 0 aliphatic heterocycles. The highest BCUT2D eigenvalue weighted by atomic mass is 32.1. The quantitative estimate of drug-likeness (QED) is 0.777. The number of carbonyl (C=O) groups excluding carboxylic acids is 1. The Morgan fingerprint density at radius 1 is 1.36 bits per heavy atom. The molecular formula is C9H9N3OS. The molecule has 1 N–H and O–H groups in total. The molecule has 0 saturated carbocycles. The standard InChI is InChI=1S/C9H9N3OS/c1-5-3-4-7(10-6(2)13)9-8(5)11-14-12-9/h3-4H,1-2H3,(H,10,13). The normalized spacial score (nSPS) is 10.4. The summed E-state index contributed by atoms with van der Waals surface area (Å²) in [5, 5.41) is 2.73. The molecule has 0 saturated heterocycles. The van der Waals surface area contributed by atoms with Gasteiger partial charge in [0, 0.05) is 6.92 Å². The van der Waals surface area contributed by atoms with Gasteiger partial charge in [0.1, 0.15) is 11.0 Å². The van der Waals surface area contributed by atoms with Gasteiger partial charge in [-0.2, -0.15) is 8.75 Å². The van der Waals surface area contributed by atoms with E-state index in [0.717, 1.165) is 34.0 Å². The first-order chi connectivity index (χ1) is 6.68. The van der Waals surface area contributed by atoms with Crippen LogP contribution >= 0.6 is 11.7 Å². The average Bonchev–Trinajstić information content (AvgIpc) is 2.58. The van der Waals surface area contributed by atoms with E-state index in [1.165, 1.54) is 6.92 Å². The summed E-state index contributed by atoms with van der Waals surface area (Å²) in [5.41, 5.74) is 3.43. The fourth-order valence-corrected chi connectivity index (χ4v) is 1.90. The van der Waals surface area contributed by atoms with Crippen molar-refractivity contribution in [2.24, 2.45) is 0 Å². The van der Waals surface area contributed by atoms with Gasteiger partial charge in [-0.25, -0.2) is 0 Å². The lowest BCUT2D eigenvalue weighted by atomic mass is 10.2. The smallest absolute Gasteiger partial charge is 0.221 e. The lowest BCUT2D eigenvalue weighted by molar-refractivity contribution is -0.114. The van der Waals surface area contributed by atoms with Gasteiger partial charge in [0.25, 0.3) is 0 Å². The monoisotopic (exact) mass is 207 g/mol. The number of carbonyl (C=O) groups is 1. The Bertz CT molecular complexity index is 492. The van der Waals surface area contributed by atoms with E-state index in [1.54, 1.807) is 0 Å². The van der Waals surface area contributed by atoms with Crippen LogP contribution in [0, 0.1) is 6.92 Å². The van der Waals surface area contributed by atoms with E-state index < -0.39 is 0 Å². The van der Waals surface area contributed by atoms with E-state index >= 15 is 0 Å². The summed E-state index contributed by atoms with van der Waals surface area (Å²) in [6.07, 6.45) is 0. The fourth-order valence-electron chi connectivity index (χ4n) is 1.28. The maximum atomic E-state index is 10.9. The average molecular weight is 207 g/mol. The molecule has 5 heteroatoms. The number of aryl methyl sites for hydroxylation is 1.